The zero-order valence-electron chi connectivity index (χ0n) is 9.78. The lowest BCUT2D eigenvalue weighted by molar-refractivity contribution is 0.0636. The first-order valence-electron chi connectivity index (χ1n) is 4.92. The summed E-state index contributed by atoms with van der Waals surface area (Å²) in [6.07, 6.45) is 1.24. The van der Waals surface area contributed by atoms with E-state index in [0.29, 0.717) is 6.29 Å². The van der Waals surface area contributed by atoms with E-state index in [4.69, 9.17) is 16.3 Å². The molecule has 0 aliphatic heterocycles. The normalized spacial score (nSPS) is 10.8. The average Bonchev–Trinajstić information content (AvgIpc) is 2.17. The van der Waals surface area contributed by atoms with E-state index >= 15 is 0 Å². The third-order valence-corrected chi connectivity index (χ3v) is 1.87. The quantitative estimate of drug-likeness (QED) is 0.653. The van der Waals surface area contributed by atoms with Crippen LogP contribution in [-0.2, 0) is 4.74 Å². The number of carbonyl (C=O) groups is 2. The predicted molar refractivity (Wildman–Crippen MR) is 64.5 cm³/mol. The molecule has 0 radical (unpaired) electrons. The minimum absolute atomic E-state index is 0.182. The van der Waals surface area contributed by atoms with Crippen LogP contribution in [0.25, 0.3) is 0 Å². The molecule has 1 N–H and O–H groups in total. The second kappa shape index (κ2) is 5.14. The molecule has 0 aliphatic carbocycles. The summed E-state index contributed by atoms with van der Waals surface area (Å²) in [6.45, 7) is 5.23. The molecule has 0 unspecified atom stereocenters. The van der Waals surface area contributed by atoms with Crippen LogP contribution in [0.15, 0.2) is 12.3 Å². The Kier molecular flexibility index (Phi) is 4.07. The van der Waals surface area contributed by atoms with Crippen LogP contribution in [0.3, 0.4) is 0 Å². The van der Waals surface area contributed by atoms with E-state index < -0.39 is 11.7 Å². The molecule has 0 spiro atoms. The number of aromatic nitrogens is 1. The van der Waals surface area contributed by atoms with Gasteiger partial charge in [0.15, 0.2) is 6.29 Å². The highest BCUT2D eigenvalue weighted by atomic mass is 35.5. The summed E-state index contributed by atoms with van der Waals surface area (Å²) in [5, 5.41) is 2.61. The highest BCUT2D eigenvalue weighted by Crippen LogP contribution is 2.17. The van der Waals surface area contributed by atoms with Crippen molar-refractivity contribution in [2.24, 2.45) is 0 Å². The van der Waals surface area contributed by atoms with Gasteiger partial charge in [-0.15, -0.1) is 0 Å². The van der Waals surface area contributed by atoms with Crippen LogP contribution in [0, 0.1) is 0 Å². The first-order valence-corrected chi connectivity index (χ1v) is 5.30. The number of carbonyl (C=O) groups excluding carboxylic acids is 2. The molecular weight excluding hydrogens is 244 g/mol. The van der Waals surface area contributed by atoms with Crippen molar-refractivity contribution in [2.75, 3.05) is 5.32 Å². The number of amides is 1. The number of ether oxygens (including phenoxy) is 1. The van der Waals surface area contributed by atoms with Crippen molar-refractivity contribution in [1.29, 1.82) is 0 Å². The molecule has 92 valence electrons. The summed E-state index contributed by atoms with van der Waals surface area (Å²) < 4.78 is 5.04. The highest BCUT2D eigenvalue weighted by Gasteiger charge is 2.17. The zero-order chi connectivity index (χ0) is 13.1. The van der Waals surface area contributed by atoms with Gasteiger partial charge in [0.05, 0.1) is 11.9 Å². The summed E-state index contributed by atoms with van der Waals surface area (Å²) in [6, 6.07) is 1.36. The Morgan fingerprint density at radius 2 is 2.18 bits per heavy atom. The molecule has 1 heterocycles. The Bertz CT molecular complexity index is 441. The maximum absolute atomic E-state index is 11.5. The number of anilines is 1. The van der Waals surface area contributed by atoms with Gasteiger partial charge in [0.2, 0.25) is 0 Å². The van der Waals surface area contributed by atoms with Gasteiger partial charge in [0.1, 0.15) is 10.8 Å². The van der Waals surface area contributed by atoms with Crippen molar-refractivity contribution in [1.82, 2.24) is 4.98 Å². The zero-order valence-corrected chi connectivity index (χ0v) is 10.5. The molecule has 0 atom stereocenters. The van der Waals surface area contributed by atoms with Crippen LogP contribution in [0.4, 0.5) is 10.5 Å². The molecule has 6 heteroatoms. The SMILES string of the molecule is CC(C)(C)OC(=O)Nc1cnc(Cl)cc1C=O. The van der Waals surface area contributed by atoms with Gasteiger partial charge in [-0.05, 0) is 26.8 Å². The fraction of sp³-hybridized carbons (Fsp3) is 0.364. The van der Waals surface area contributed by atoms with E-state index in [1.54, 1.807) is 20.8 Å². The molecule has 5 nitrogen and oxygen atoms in total. The van der Waals surface area contributed by atoms with E-state index in [1.165, 1.54) is 12.3 Å². The van der Waals surface area contributed by atoms with Crippen molar-refractivity contribution < 1.29 is 14.3 Å². The summed E-state index contributed by atoms with van der Waals surface area (Å²) in [4.78, 5) is 26.0. The van der Waals surface area contributed by atoms with Crippen LogP contribution in [0.5, 0.6) is 0 Å². The van der Waals surface area contributed by atoms with E-state index in [1.807, 2.05) is 0 Å². The lowest BCUT2D eigenvalue weighted by atomic mass is 10.2. The maximum atomic E-state index is 11.5. The largest absolute Gasteiger partial charge is 0.444 e. The lowest BCUT2D eigenvalue weighted by Gasteiger charge is -2.19. The number of hydrogen-bond acceptors (Lipinski definition) is 4. The summed E-state index contributed by atoms with van der Waals surface area (Å²) in [5.74, 6) is 0. The topological polar surface area (TPSA) is 68.3 Å². The Labute approximate surface area is 104 Å². The minimum atomic E-state index is -0.648. The molecule has 1 amide bonds. The van der Waals surface area contributed by atoms with Gasteiger partial charge in [-0.2, -0.15) is 0 Å². The van der Waals surface area contributed by atoms with Crippen molar-refractivity contribution in [3.05, 3.63) is 23.0 Å². The molecule has 1 aromatic rings. The minimum Gasteiger partial charge on any atom is -0.444 e. The number of pyridine rings is 1. The molecule has 0 aromatic carbocycles. The van der Waals surface area contributed by atoms with Crippen LogP contribution >= 0.6 is 11.6 Å². The molecule has 0 aliphatic rings. The van der Waals surface area contributed by atoms with Crippen LogP contribution < -0.4 is 5.32 Å². The Morgan fingerprint density at radius 3 is 2.71 bits per heavy atom. The second-order valence-electron chi connectivity index (χ2n) is 4.34. The van der Waals surface area contributed by atoms with Gasteiger partial charge in [-0.1, -0.05) is 11.6 Å². The summed E-state index contributed by atoms with van der Waals surface area (Å²) >= 11 is 5.62. The first-order chi connectivity index (χ1) is 7.81. The van der Waals surface area contributed by atoms with Crippen LogP contribution in [0.1, 0.15) is 31.1 Å². The van der Waals surface area contributed by atoms with Crippen molar-refractivity contribution in [3.8, 4) is 0 Å². The number of rotatable bonds is 2. The predicted octanol–water partition coefficient (Wildman–Crippen LogP) is 2.89. The Balaban J connectivity index is 2.81. The molecule has 17 heavy (non-hydrogen) atoms. The number of aldehydes is 1. The Hall–Kier alpha value is -1.62. The van der Waals surface area contributed by atoms with Crippen LogP contribution in [0.2, 0.25) is 5.15 Å². The highest BCUT2D eigenvalue weighted by molar-refractivity contribution is 6.29. The molecule has 1 aromatic heterocycles. The van der Waals surface area contributed by atoms with Gasteiger partial charge in [-0.3, -0.25) is 10.1 Å². The molecule has 0 saturated carbocycles. The van der Waals surface area contributed by atoms with E-state index in [9.17, 15) is 9.59 Å². The van der Waals surface area contributed by atoms with E-state index in [-0.39, 0.29) is 16.4 Å². The molecule has 1 rings (SSSR count). The summed E-state index contributed by atoms with van der Waals surface area (Å²) in [7, 11) is 0. The molecule has 0 saturated heterocycles. The van der Waals surface area contributed by atoms with Gasteiger partial charge in [0, 0.05) is 5.56 Å². The van der Waals surface area contributed by atoms with Gasteiger partial charge < -0.3 is 4.74 Å². The van der Waals surface area contributed by atoms with Crippen molar-refractivity contribution >= 4 is 29.7 Å². The van der Waals surface area contributed by atoms with Gasteiger partial charge in [0.25, 0.3) is 0 Å². The molecule has 0 bridgehead atoms. The average molecular weight is 257 g/mol. The van der Waals surface area contributed by atoms with Gasteiger partial charge >= 0.3 is 6.09 Å². The monoisotopic (exact) mass is 256 g/mol. The van der Waals surface area contributed by atoms with Crippen molar-refractivity contribution in [3.63, 3.8) is 0 Å². The maximum Gasteiger partial charge on any atom is 0.412 e. The number of nitrogens with one attached hydrogen (secondary N) is 1. The first kappa shape index (κ1) is 13.4. The smallest absolute Gasteiger partial charge is 0.412 e. The standard InChI is InChI=1S/C11H13ClN2O3/c1-11(2,3)17-10(16)14-8-5-13-9(12)4-7(8)6-15/h4-6H,1-3H3,(H,14,16). The third kappa shape index (κ3) is 4.40. The Morgan fingerprint density at radius 1 is 1.53 bits per heavy atom. The van der Waals surface area contributed by atoms with Gasteiger partial charge in [-0.25, -0.2) is 9.78 Å². The van der Waals surface area contributed by atoms with Crippen LogP contribution in [-0.4, -0.2) is 23.0 Å². The lowest BCUT2D eigenvalue weighted by Crippen LogP contribution is -2.27. The number of nitrogens with zero attached hydrogens (tertiary/aromatic N) is 1. The number of halogens is 1. The second-order valence-corrected chi connectivity index (χ2v) is 4.73. The summed E-state index contributed by atoms with van der Waals surface area (Å²) in [5.41, 5.74) is -0.0971. The van der Waals surface area contributed by atoms with E-state index in [0.717, 1.165) is 0 Å². The fourth-order valence-corrected chi connectivity index (χ4v) is 1.23. The van der Waals surface area contributed by atoms with Crippen molar-refractivity contribution in [2.45, 2.75) is 26.4 Å². The molecule has 0 fully saturated rings. The molecular formula is C11H13ClN2O3. The number of hydrogen-bond donors (Lipinski definition) is 1. The fourth-order valence-electron chi connectivity index (χ4n) is 1.06. The third-order valence-electron chi connectivity index (χ3n) is 1.67. The van der Waals surface area contributed by atoms with E-state index in [2.05, 4.69) is 10.3 Å².